The van der Waals surface area contributed by atoms with Crippen molar-refractivity contribution in [3.8, 4) is 0 Å². The minimum atomic E-state index is 0.324. The second-order valence-electron chi connectivity index (χ2n) is 8.04. The Bertz CT molecular complexity index is 904. The Kier molecular flexibility index (Phi) is 7.92. The van der Waals surface area contributed by atoms with Crippen LogP contribution in [-0.4, -0.2) is 49.1 Å². The van der Waals surface area contributed by atoms with Gasteiger partial charge in [-0.1, -0.05) is 72.3 Å². The lowest BCUT2D eigenvalue weighted by Crippen LogP contribution is -2.48. The van der Waals surface area contributed by atoms with Gasteiger partial charge in [-0.15, -0.1) is 12.6 Å². The first-order chi connectivity index (χ1) is 15.2. The summed E-state index contributed by atoms with van der Waals surface area (Å²) in [6, 6.07) is 27.9. The number of nitrogens with one attached hydrogen (secondary N) is 1. The van der Waals surface area contributed by atoms with Crippen molar-refractivity contribution in [3.05, 3.63) is 95.0 Å². The standard InChI is InChI=1S/C26H30ClN3S/c27-23-12-13-24(25(31)20-23)28-14-7-15-29-16-18-30(19-17-29)26(21-8-3-1-4-9-21)22-10-5-2-6-11-22/h1-6,8-13,20,26,28,31H,7,14-19H2. The first-order valence-corrected chi connectivity index (χ1v) is 11.8. The summed E-state index contributed by atoms with van der Waals surface area (Å²) < 4.78 is 0. The number of benzene rings is 3. The van der Waals surface area contributed by atoms with Crippen molar-refractivity contribution < 1.29 is 0 Å². The molecule has 1 heterocycles. The van der Waals surface area contributed by atoms with E-state index in [1.165, 1.54) is 11.1 Å². The van der Waals surface area contributed by atoms with E-state index in [0.717, 1.165) is 61.3 Å². The Hall–Kier alpha value is -1.98. The van der Waals surface area contributed by atoms with Crippen LogP contribution < -0.4 is 5.32 Å². The molecule has 0 amide bonds. The lowest BCUT2D eigenvalue weighted by molar-refractivity contribution is 0.109. The minimum Gasteiger partial charge on any atom is -0.384 e. The van der Waals surface area contributed by atoms with Gasteiger partial charge in [-0.2, -0.15) is 0 Å². The van der Waals surface area contributed by atoms with Gasteiger partial charge >= 0.3 is 0 Å². The summed E-state index contributed by atoms with van der Waals surface area (Å²) >= 11 is 10.5. The largest absolute Gasteiger partial charge is 0.384 e. The van der Waals surface area contributed by atoms with Crippen molar-refractivity contribution in [2.75, 3.05) is 44.6 Å². The molecule has 1 fully saturated rings. The third kappa shape index (κ3) is 6.05. The Morgan fingerprint density at radius 3 is 2.03 bits per heavy atom. The average Bonchev–Trinajstić information content (AvgIpc) is 2.80. The van der Waals surface area contributed by atoms with Crippen LogP contribution in [0.2, 0.25) is 5.02 Å². The lowest BCUT2D eigenvalue weighted by Gasteiger charge is -2.40. The highest BCUT2D eigenvalue weighted by molar-refractivity contribution is 7.80. The third-order valence-electron chi connectivity index (χ3n) is 5.93. The normalized spacial score (nSPS) is 15.3. The van der Waals surface area contributed by atoms with Crippen molar-refractivity contribution >= 4 is 29.9 Å². The first-order valence-electron chi connectivity index (χ1n) is 11.0. The average molecular weight is 452 g/mol. The van der Waals surface area contributed by atoms with E-state index >= 15 is 0 Å². The van der Waals surface area contributed by atoms with Gasteiger partial charge in [0.2, 0.25) is 0 Å². The summed E-state index contributed by atoms with van der Waals surface area (Å²) in [4.78, 5) is 6.10. The van der Waals surface area contributed by atoms with E-state index in [4.69, 9.17) is 11.6 Å². The van der Waals surface area contributed by atoms with Crippen molar-refractivity contribution in [2.24, 2.45) is 0 Å². The van der Waals surface area contributed by atoms with Gasteiger partial charge in [0, 0.05) is 48.3 Å². The smallest absolute Gasteiger partial charge is 0.0602 e. The lowest BCUT2D eigenvalue weighted by atomic mass is 9.96. The van der Waals surface area contributed by atoms with Crippen molar-refractivity contribution in [2.45, 2.75) is 17.4 Å². The highest BCUT2D eigenvalue weighted by Crippen LogP contribution is 2.29. The third-order valence-corrected chi connectivity index (χ3v) is 6.53. The molecule has 0 aliphatic carbocycles. The molecule has 5 heteroatoms. The number of thiol groups is 1. The van der Waals surface area contributed by atoms with Crippen molar-refractivity contribution in [1.82, 2.24) is 9.80 Å². The molecule has 1 aliphatic heterocycles. The molecule has 162 valence electrons. The number of hydrogen-bond donors (Lipinski definition) is 2. The highest BCUT2D eigenvalue weighted by atomic mass is 35.5. The number of halogens is 1. The highest BCUT2D eigenvalue weighted by Gasteiger charge is 2.26. The molecule has 4 rings (SSSR count). The maximum Gasteiger partial charge on any atom is 0.0602 e. The first kappa shape index (κ1) is 22.2. The van der Waals surface area contributed by atoms with Crippen LogP contribution in [0.5, 0.6) is 0 Å². The zero-order valence-corrected chi connectivity index (χ0v) is 19.4. The van der Waals surface area contributed by atoms with Crippen LogP contribution in [0.3, 0.4) is 0 Å². The molecule has 1 N–H and O–H groups in total. The van der Waals surface area contributed by atoms with E-state index in [9.17, 15) is 0 Å². The van der Waals surface area contributed by atoms with Gasteiger partial charge in [0.1, 0.15) is 0 Å². The molecular formula is C26H30ClN3S. The Morgan fingerprint density at radius 2 is 1.45 bits per heavy atom. The SMILES string of the molecule is Sc1cc(Cl)ccc1NCCCN1CCN(C(c2ccccc2)c2ccccc2)CC1. The topological polar surface area (TPSA) is 18.5 Å². The van der Waals surface area contributed by atoms with Gasteiger partial charge in [0.05, 0.1) is 6.04 Å². The Morgan fingerprint density at radius 1 is 0.839 bits per heavy atom. The molecule has 0 spiro atoms. The van der Waals surface area contributed by atoms with Crippen molar-refractivity contribution in [3.63, 3.8) is 0 Å². The number of piperazine rings is 1. The second kappa shape index (κ2) is 11.1. The minimum absolute atomic E-state index is 0.324. The van der Waals surface area contributed by atoms with E-state index in [2.05, 4.69) is 88.4 Å². The van der Waals surface area contributed by atoms with E-state index in [0.29, 0.717) is 6.04 Å². The molecule has 0 saturated carbocycles. The summed E-state index contributed by atoms with van der Waals surface area (Å²) in [5.74, 6) is 0. The van der Waals surface area contributed by atoms with Crippen LogP contribution in [0.4, 0.5) is 5.69 Å². The molecule has 3 aromatic rings. The van der Waals surface area contributed by atoms with Crippen LogP contribution in [0.25, 0.3) is 0 Å². The van der Waals surface area contributed by atoms with Gasteiger partial charge in [0.15, 0.2) is 0 Å². The number of rotatable bonds is 8. The summed E-state index contributed by atoms with van der Waals surface area (Å²) in [6.07, 6.45) is 1.11. The van der Waals surface area contributed by atoms with Crippen molar-refractivity contribution in [1.29, 1.82) is 0 Å². The number of hydrogen-bond acceptors (Lipinski definition) is 4. The predicted molar refractivity (Wildman–Crippen MR) is 135 cm³/mol. The molecule has 0 radical (unpaired) electrons. The van der Waals surface area contributed by atoms with Gasteiger partial charge in [-0.25, -0.2) is 0 Å². The fourth-order valence-corrected chi connectivity index (χ4v) is 4.85. The van der Waals surface area contributed by atoms with E-state index in [1.807, 2.05) is 18.2 Å². The fraction of sp³-hybridized carbons (Fsp3) is 0.308. The van der Waals surface area contributed by atoms with Gasteiger partial charge in [-0.05, 0) is 42.3 Å². The quantitative estimate of drug-likeness (QED) is 0.331. The summed E-state index contributed by atoms with van der Waals surface area (Å²) in [7, 11) is 0. The molecule has 3 nitrogen and oxygen atoms in total. The van der Waals surface area contributed by atoms with Gasteiger partial charge < -0.3 is 10.2 Å². The van der Waals surface area contributed by atoms with Crippen LogP contribution >= 0.6 is 24.2 Å². The predicted octanol–water partition coefficient (Wildman–Crippen LogP) is 5.84. The summed E-state index contributed by atoms with van der Waals surface area (Å²) in [5, 5.41) is 4.20. The zero-order valence-electron chi connectivity index (χ0n) is 17.8. The molecule has 3 aromatic carbocycles. The maximum atomic E-state index is 6.00. The number of nitrogens with zero attached hydrogens (tertiary/aromatic N) is 2. The molecule has 0 bridgehead atoms. The number of anilines is 1. The Labute approximate surface area is 196 Å². The van der Waals surface area contributed by atoms with E-state index in [1.54, 1.807) is 0 Å². The Balaban J connectivity index is 1.29. The molecule has 0 atom stereocenters. The molecule has 31 heavy (non-hydrogen) atoms. The molecule has 0 aromatic heterocycles. The summed E-state index contributed by atoms with van der Waals surface area (Å²) in [5.41, 5.74) is 3.79. The van der Waals surface area contributed by atoms with Gasteiger partial charge in [0.25, 0.3) is 0 Å². The van der Waals surface area contributed by atoms with Crippen LogP contribution in [-0.2, 0) is 0 Å². The molecule has 1 aliphatic rings. The molecule has 1 saturated heterocycles. The van der Waals surface area contributed by atoms with E-state index in [-0.39, 0.29) is 0 Å². The van der Waals surface area contributed by atoms with E-state index < -0.39 is 0 Å². The summed E-state index contributed by atoms with van der Waals surface area (Å²) in [6.45, 7) is 6.42. The van der Waals surface area contributed by atoms with Crippen LogP contribution in [0.1, 0.15) is 23.6 Å². The molecular weight excluding hydrogens is 422 g/mol. The fourth-order valence-electron chi connectivity index (χ4n) is 4.31. The van der Waals surface area contributed by atoms with Crippen LogP contribution in [0.15, 0.2) is 83.8 Å². The second-order valence-corrected chi connectivity index (χ2v) is 8.96. The van der Waals surface area contributed by atoms with Gasteiger partial charge in [-0.3, -0.25) is 4.90 Å². The zero-order chi connectivity index (χ0) is 21.5. The monoisotopic (exact) mass is 451 g/mol. The molecule has 0 unspecified atom stereocenters. The van der Waals surface area contributed by atoms with Crippen LogP contribution in [0, 0.1) is 0 Å². The maximum absolute atomic E-state index is 6.00.